The number of nitrogens with zero attached hydrogens (tertiary/aromatic N) is 2. The molecule has 5 N–H and O–H groups in total. The number of anilines is 1. The molecule has 0 aliphatic carbocycles. The van der Waals surface area contributed by atoms with E-state index in [-0.39, 0.29) is 29.4 Å². The van der Waals surface area contributed by atoms with Gasteiger partial charge in [0, 0.05) is 16.0 Å². The molecule has 1 heterocycles. The van der Waals surface area contributed by atoms with Crippen molar-refractivity contribution in [2.75, 3.05) is 12.0 Å². The second-order valence-electron chi connectivity index (χ2n) is 8.65. The van der Waals surface area contributed by atoms with E-state index < -0.39 is 24.3 Å². The van der Waals surface area contributed by atoms with Crippen molar-refractivity contribution in [2.45, 2.75) is 29.6 Å². The molecular weight excluding hydrogens is 529 g/mol. The minimum atomic E-state index is -4.78. The highest BCUT2D eigenvalue weighted by atomic mass is 32.2. The number of hydrogen-bond acceptors (Lipinski definition) is 7. The third-order valence-electron chi connectivity index (χ3n) is 5.94. The first kappa shape index (κ1) is 27.9. The third kappa shape index (κ3) is 6.68. The van der Waals surface area contributed by atoms with Gasteiger partial charge in [0.25, 0.3) is 0 Å². The highest BCUT2D eigenvalue weighted by Gasteiger charge is 2.44. The van der Waals surface area contributed by atoms with E-state index in [1.54, 1.807) is 48.5 Å². The topological polar surface area (TPSA) is 124 Å². The summed E-state index contributed by atoms with van der Waals surface area (Å²) in [4.78, 5) is 20.0. The van der Waals surface area contributed by atoms with Crippen LogP contribution in [0.15, 0.2) is 83.9 Å². The number of rotatable bonds is 9. The fourth-order valence-electron chi connectivity index (χ4n) is 4.03. The number of carboxylic acids is 1. The Morgan fingerprint density at radius 1 is 1.05 bits per heavy atom. The molecule has 0 spiro atoms. The second kappa shape index (κ2) is 11.7. The van der Waals surface area contributed by atoms with Crippen molar-refractivity contribution < 1.29 is 27.8 Å². The first-order valence-electron chi connectivity index (χ1n) is 11.7. The van der Waals surface area contributed by atoms with Crippen LogP contribution in [0.3, 0.4) is 0 Å². The largest absolute Gasteiger partial charge is 0.480 e. The van der Waals surface area contributed by atoms with E-state index in [1.165, 1.54) is 23.9 Å². The molecule has 0 aliphatic rings. The molecule has 0 saturated carbocycles. The molecule has 39 heavy (non-hydrogen) atoms. The minimum absolute atomic E-state index is 0.0627. The normalized spacial score (nSPS) is 13.1. The first-order chi connectivity index (χ1) is 18.6. The van der Waals surface area contributed by atoms with Crippen molar-refractivity contribution in [1.82, 2.24) is 9.97 Å². The molecule has 0 bridgehead atoms. The number of carbonyl (C=O) groups is 1. The van der Waals surface area contributed by atoms with Crippen LogP contribution in [-0.2, 0) is 11.2 Å². The number of hydrogen-bond donors (Lipinski definition) is 3. The van der Waals surface area contributed by atoms with Crippen molar-refractivity contribution in [3.05, 3.63) is 90.1 Å². The molecule has 4 aromatic rings. The Labute approximate surface area is 227 Å². The maximum Gasteiger partial charge on any atom is 0.429 e. The summed E-state index contributed by atoms with van der Waals surface area (Å²) in [6.07, 6.45) is -4.02. The quantitative estimate of drug-likeness (QED) is 0.223. The highest BCUT2D eigenvalue weighted by Crippen LogP contribution is 2.43. The van der Waals surface area contributed by atoms with Crippen LogP contribution in [0.1, 0.15) is 17.2 Å². The van der Waals surface area contributed by atoms with Crippen LogP contribution in [0.2, 0.25) is 0 Å². The van der Waals surface area contributed by atoms with Crippen LogP contribution in [0, 0.1) is 0 Å². The summed E-state index contributed by atoms with van der Waals surface area (Å²) in [6, 6.07) is 18.8. The number of aromatic nitrogens is 2. The van der Waals surface area contributed by atoms with Crippen LogP contribution < -0.4 is 16.2 Å². The lowest BCUT2D eigenvalue weighted by Gasteiger charge is -2.25. The number of ether oxygens (including phenoxy) is 1. The molecule has 202 valence electrons. The lowest BCUT2D eigenvalue weighted by atomic mass is 9.95. The first-order valence-corrected chi connectivity index (χ1v) is 13.0. The van der Waals surface area contributed by atoms with Gasteiger partial charge in [-0.3, -0.25) is 4.79 Å². The van der Waals surface area contributed by atoms with Gasteiger partial charge in [-0.25, -0.2) is 9.97 Å². The monoisotopic (exact) mass is 554 g/mol. The van der Waals surface area contributed by atoms with Crippen LogP contribution in [0.25, 0.3) is 22.4 Å². The van der Waals surface area contributed by atoms with Gasteiger partial charge >= 0.3 is 12.1 Å². The molecule has 11 heteroatoms. The Morgan fingerprint density at radius 3 is 2.44 bits per heavy atom. The van der Waals surface area contributed by atoms with E-state index in [2.05, 4.69) is 9.97 Å². The zero-order valence-electron chi connectivity index (χ0n) is 20.7. The number of aliphatic carboxylic acids is 1. The number of thioether (sulfide) groups is 1. The molecule has 0 saturated heterocycles. The SMILES string of the molecule is CSc1cccc(-c2ccccc2C(Oc2cnc(N)nc2-c2ccc(C[C@H](N)C(=O)O)cc2)C(F)(F)F)c1. The molecular formula is C28H25F3N4O3S. The van der Waals surface area contributed by atoms with Gasteiger partial charge < -0.3 is 21.3 Å². The van der Waals surface area contributed by atoms with Crippen molar-refractivity contribution in [2.24, 2.45) is 5.73 Å². The summed E-state index contributed by atoms with van der Waals surface area (Å²) in [7, 11) is 0. The van der Waals surface area contributed by atoms with Crippen LogP contribution >= 0.6 is 11.8 Å². The molecule has 0 amide bonds. The fourth-order valence-corrected chi connectivity index (χ4v) is 4.49. The van der Waals surface area contributed by atoms with Crippen LogP contribution in [0.5, 0.6) is 5.75 Å². The molecule has 2 atom stereocenters. The van der Waals surface area contributed by atoms with Crippen LogP contribution in [0.4, 0.5) is 19.1 Å². The minimum Gasteiger partial charge on any atom is -0.480 e. The van der Waals surface area contributed by atoms with E-state index in [4.69, 9.17) is 21.3 Å². The van der Waals surface area contributed by atoms with E-state index in [0.29, 0.717) is 22.3 Å². The Bertz CT molecular complexity index is 1470. The summed E-state index contributed by atoms with van der Waals surface area (Å²) in [6.45, 7) is 0. The van der Waals surface area contributed by atoms with Crippen molar-refractivity contribution >= 4 is 23.7 Å². The summed E-state index contributed by atoms with van der Waals surface area (Å²) in [5, 5.41) is 9.04. The molecule has 0 aliphatic heterocycles. The van der Waals surface area contributed by atoms with E-state index in [0.717, 1.165) is 11.1 Å². The van der Waals surface area contributed by atoms with Gasteiger partial charge in [0.2, 0.25) is 12.1 Å². The molecule has 0 fully saturated rings. The lowest BCUT2D eigenvalue weighted by Crippen LogP contribution is -2.32. The zero-order valence-corrected chi connectivity index (χ0v) is 21.5. The average molecular weight is 555 g/mol. The average Bonchev–Trinajstić information content (AvgIpc) is 2.92. The van der Waals surface area contributed by atoms with Gasteiger partial charge in [0.05, 0.1) is 6.20 Å². The Morgan fingerprint density at radius 2 is 1.77 bits per heavy atom. The summed E-state index contributed by atoms with van der Waals surface area (Å²) in [5.74, 6) is -1.50. The van der Waals surface area contributed by atoms with Gasteiger partial charge in [-0.2, -0.15) is 13.2 Å². The molecule has 1 aromatic heterocycles. The molecule has 1 unspecified atom stereocenters. The smallest absolute Gasteiger partial charge is 0.429 e. The molecule has 4 rings (SSSR count). The Kier molecular flexibility index (Phi) is 8.41. The summed E-state index contributed by atoms with van der Waals surface area (Å²) >= 11 is 1.49. The van der Waals surface area contributed by atoms with E-state index in [1.807, 2.05) is 18.4 Å². The molecule has 0 radical (unpaired) electrons. The highest BCUT2D eigenvalue weighted by molar-refractivity contribution is 7.98. The fraction of sp³-hybridized carbons (Fsp3) is 0.179. The van der Waals surface area contributed by atoms with Gasteiger partial charge in [-0.05, 0) is 41.5 Å². The number of benzene rings is 3. The molecule has 3 aromatic carbocycles. The van der Waals surface area contributed by atoms with Crippen molar-refractivity contribution in [3.8, 4) is 28.1 Å². The number of halogens is 3. The predicted octanol–water partition coefficient (Wildman–Crippen LogP) is 5.75. The number of nitrogens with two attached hydrogens (primary N) is 2. The Hall–Kier alpha value is -4.09. The maximum atomic E-state index is 14.5. The number of alkyl halides is 3. The number of carboxylic acid groups (broad SMARTS) is 1. The van der Waals surface area contributed by atoms with Gasteiger partial charge in [0.1, 0.15) is 11.7 Å². The van der Waals surface area contributed by atoms with E-state index >= 15 is 0 Å². The number of nitrogen functional groups attached to an aromatic ring is 1. The standard InChI is InChI=1S/C28H25F3N4O3S/c1-39-19-6-4-5-18(14-19)20-7-2-3-8-21(20)25(28(29,30)31)38-23-15-34-27(33)35-24(23)17-11-9-16(10-12-17)13-22(32)26(36)37/h2-12,14-15,22,25H,13,32H2,1H3,(H,36,37)(H2,33,34,35)/t22-,25?/m0/s1. The summed E-state index contributed by atoms with van der Waals surface area (Å²) in [5.41, 5.74) is 13.4. The molecule has 7 nitrogen and oxygen atoms in total. The van der Waals surface area contributed by atoms with E-state index in [9.17, 15) is 18.0 Å². The second-order valence-corrected chi connectivity index (χ2v) is 9.53. The van der Waals surface area contributed by atoms with Gasteiger partial charge in [-0.1, -0.05) is 60.7 Å². The van der Waals surface area contributed by atoms with Gasteiger partial charge in [0.15, 0.2) is 5.75 Å². The summed E-state index contributed by atoms with van der Waals surface area (Å²) < 4.78 is 49.2. The van der Waals surface area contributed by atoms with Gasteiger partial charge in [-0.15, -0.1) is 11.8 Å². The van der Waals surface area contributed by atoms with Crippen molar-refractivity contribution in [1.29, 1.82) is 0 Å². The van der Waals surface area contributed by atoms with Crippen LogP contribution in [-0.4, -0.2) is 39.5 Å². The maximum absolute atomic E-state index is 14.5. The zero-order chi connectivity index (χ0) is 28.2. The third-order valence-corrected chi connectivity index (χ3v) is 6.67. The Balaban J connectivity index is 1.74. The predicted molar refractivity (Wildman–Crippen MR) is 144 cm³/mol. The lowest BCUT2D eigenvalue weighted by molar-refractivity contribution is -0.197. The van der Waals surface area contributed by atoms with Crippen molar-refractivity contribution in [3.63, 3.8) is 0 Å².